The van der Waals surface area contributed by atoms with E-state index in [2.05, 4.69) is 0 Å². The van der Waals surface area contributed by atoms with Crippen LogP contribution in [0.5, 0.6) is 0 Å². The second-order valence-corrected chi connectivity index (χ2v) is 15.4. The lowest BCUT2D eigenvalue weighted by molar-refractivity contribution is -0.138. The van der Waals surface area contributed by atoms with Crippen LogP contribution in [0.3, 0.4) is 0 Å². The number of benzene rings is 8. The van der Waals surface area contributed by atoms with Gasteiger partial charge in [-0.1, -0.05) is 121 Å². The van der Waals surface area contributed by atoms with Crippen LogP contribution in [-0.4, -0.2) is 19.5 Å². The van der Waals surface area contributed by atoms with E-state index in [1.165, 1.54) is 12.1 Å². The van der Waals surface area contributed by atoms with Crippen molar-refractivity contribution in [2.45, 2.75) is 12.4 Å². The summed E-state index contributed by atoms with van der Waals surface area (Å²) in [4.78, 5) is 14.7. The molecule has 0 aliphatic rings. The van der Waals surface area contributed by atoms with E-state index in [0.717, 1.165) is 45.8 Å². The predicted molar refractivity (Wildman–Crippen MR) is 239 cm³/mol. The molecule has 0 N–H and O–H groups in total. The topological polar surface area (TPSA) is 56.7 Å². The first kappa shape index (κ1) is 38.8. The van der Waals surface area contributed by atoms with E-state index >= 15 is 0 Å². The van der Waals surface area contributed by atoms with Gasteiger partial charge in [0, 0.05) is 44.0 Å². The summed E-state index contributed by atoms with van der Waals surface area (Å²) >= 11 is 0. The van der Waals surface area contributed by atoms with Crippen molar-refractivity contribution in [1.82, 2.24) is 19.5 Å². The number of halogens is 6. The number of hydrogen-bond donors (Lipinski definition) is 0. The fourth-order valence-electron chi connectivity index (χ4n) is 8.58. The van der Waals surface area contributed by atoms with Gasteiger partial charge in [-0.05, 0) is 71.8 Å². The van der Waals surface area contributed by atoms with Crippen LogP contribution in [0, 0.1) is 0 Å². The van der Waals surface area contributed by atoms with E-state index in [1.807, 2.05) is 126 Å². The molecule has 0 amide bonds. The minimum Gasteiger partial charge on any atom is -0.455 e. The molecule has 8 aromatic carbocycles. The van der Waals surface area contributed by atoms with Crippen molar-refractivity contribution in [3.63, 3.8) is 0 Å². The van der Waals surface area contributed by atoms with E-state index in [-0.39, 0.29) is 28.1 Å². The van der Waals surface area contributed by atoms with Gasteiger partial charge in [-0.2, -0.15) is 26.3 Å². The molecule has 3 heterocycles. The van der Waals surface area contributed by atoms with Crippen LogP contribution in [-0.2, 0) is 12.4 Å². The summed E-state index contributed by atoms with van der Waals surface area (Å²) in [6.07, 6.45) is -9.42. The van der Waals surface area contributed by atoms with Gasteiger partial charge in [-0.15, -0.1) is 0 Å². The number of aromatic nitrogens is 4. The molecule has 0 spiro atoms. The number of nitrogens with zero attached hydrogens (tertiary/aromatic N) is 4. The average Bonchev–Trinajstić information content (AvgIpc) is 3.87. The second-order valence-electron chi connectivity index (χ2n) is 15.4. The molecule has 0 radical (unpaired) electrons. The third kappa shape index (κ3) is 6.64. The molecule has 0 saturated heterocycles. The number of para-hydroxylation sites is 2. The Labute approximate surface area is 360 Å². The smallest absolute Gasteiger partial charge is 0.416 e. The third-order valence-electron chi connectivity index (χ3n) is 11.5. The maximum atomic E-state index is 14.6. The molecule has 11 heteroatoms. The first-order chi connectivity index (χ1) is 31.0. The number of hydrogen-bond acceptors (Lipinski definition) is 4. The Kier molecular flexibility index (Phi) is 8.98. The highest BCUT2D eigenvalue weighted by Crippen LogP contribution is 2.47. The van der Waals surface area contributed by atoms with Crippen LogP contribution >= 0.6 is 0 Å². The molecule has 0 atom stereocenters. The van der Waals surface area contributed by atoms with Crippen molar-refractivity contribution < 1.29 is 30.8 Å². The van der Waals surface area contributed by atoms with Gasteiger partial charge >= 0.3 is 12.4 Å². The molecule has 5 nitrogen and oxygen atoms in total. The predicted octanol–water partition coefficient (Wildman–Crippen LogP) is 15.2. The Balaban J connectivity index is 1.30. The Morgan fingerprint density at radius 1 is 0.391 bits per heavy atom. The lowest BCUT2D eigenvalue weighted by Gasteiger charge is -2.22. The van der Waals surface area contributed by atoms with Crippen molar-refractivity contribution >= 4 is 43.7 Å². The van der Waals surface area contributed by atoms with Gasteiger partial charge in [0.05, 0.1) is 33.2 Å². The highest BCUT2D eigenvalue weighted by atomic mass is 19.4. The minimum absolute atomic E-state index is 0.159. The van der Waals surface area contributed by atoms with Crippen LogP contribution in [0.1, 0.15) is 11.1 Å². The van der Waals surface area contributed by atoms with Gasteiger partial charge in [0.2, 0.25) is 0 Å². The Hall–Kier alpha value is -8.05. The van der Waals surface area contributed by atoms with E-state index in [1.54, 1.807) is 24.3 Å². The summed E-state index contributed by atoms with van der Waals surface area (Å²) in [7, 11) is 0. The molecular weight excluding hydrogens is 823 g/mol. The number of alkyl halides is 6. The van der Waals surface area contributed by atoms with Crippen LogP contribution in [0.15, 0.2) is 186 Å². The van der Waals surface area contributed by atoms with Gasteiger partial charge in [0.15, 0.2) is 17.5 Å². The Bertz CT molecular complexity index is 3460. The van der Waals surface area contributed by atoms with Crippen molar-refractivity contribution in [1.29, 1.82) is 0 Å². The molecule has 310 valence electrons. The zero-order chi connectivity index (χ0) is 43.7. The number of furan rings is 1. The molecule has 0 aliphatic carbocycles. The molecule has 64 heavy (non-hydrogen) atoms. The van der Waals surface area contributed by atoms with Gasteiger partial charge < -0.3 is 8.98 Å². The second kappa shape index (κ2) is 14.8. The van der Waals surface area contributed by atoms with Crippen molar-refractivity contribution in [2.75, 3.05) is 0 Å². The van der Waals surface area contributed by atoms with E-state index < -0.39 is 23.5 Å². The van der Waals surface area contributed by atoms with E-state index in [4.69, 9.17) is 19.4 Å². The van der Waals surface area contributed by atoms with Crippen molar-refractivity contribution in [3.05, 3.63) is 193 Å². The summed E-state index contributed by atoms with van der Waals surface area (Å²) in [5, 5.41) is 3.26. The standard InChI is InChI=1S/C53H30F6N4O/c54-52(55,56)36-19-11-17-33(27-36)41-29-35(51-61-49(31-13-3-1-4-14-31)60-50(62-51)32-15-5-2-6-16-32)30-42(34-18-12-20-37(28-34)53(57,58)59)47(41)63-43-23-9-7-22-40(43)46-44(63)26-25-39-38-21-8-10-24-45(38)64-48(39)46/h1-30H. The first-order valence-corrected chi connectivity index (χ1v) is 20.2. The van der Waals surface area contributed by atoms with Crippen LogP contribution in [0.25, 0.3) is 106 Å². The molecule has 0 bridgehead atoms. The van der Waals surface area contributed by atoms with Gasteiger partial charge in [-0.3, -0.25) is 0 Å². The average molecular weight is 853 g/mol. The van der Waals surface area contributed by atoms with Crippen molar-refractivity contribution in [2.24, 2.45) is 0 Å². The van der Waals surface area contributed by atoms with Crippen LogP contribution in [0.2, 0.25) is 0 Å². The maximum absolute atomic E-state index is 14.6. The monoisotopic (exact) mass is 852 g/mol. The summed E-state index contributed by atoms with van der Waals surface area (Å²) < 4.78 is 96.2. The zero-order valence-corrected chi connectivity index (χ0v) is 33.3. The SMILES string of the molecule is FC(F)(F)c1cccc(-c2cc(-c3nc(-c4ccccc4)nc(-c4ccccc4)n3)cc(-c3cccc(C(F)(F)F)c3)c2-n2c3ccccc3c3c4oc5ccccc5c4ccc32)c1. The van der Waals surface area contributed by atoms with Crippen molar-refractivity contribution in [3.8, 4) is 62.1 Å². The normalized spacial score (nSPS) is 12.2. The molecule has 11 rings (SSSR count). The third-order valence-corrected chi connectivity index (χ3v) is 11.5. The molecular formula is C53H30F6N4O. The van der Waals surface area contributed by atoms with E-state index in [9.17, 15) is 26.3 Å². The lowest BCUT2D eigenvalue weighted by Crippen LogP contribution is -2.07. The van der Waals surface area contributed by atoms with Gasteiger partial charge in [0.25, 0.3) is 0 Å². The summed E-state index contributed by atoms with van der Waals surface area (Å²) in [5.41, 5.74) is 3.67. The molecule has 0 fully saturated rings. The van der Waals surface area contributed by atoms with Gasteiger partial charge in [-0.25, -0.2) is 15.0 Å². The molecule has 0 unspecified atom stereocenters. The highest BCUT2D eigenvalue weighted by Gasteiger charge is 2.33. The Morgan fingerprint density at radius 3 is 1.44 bits per heavy atom. The zero-order valence-electron chi connectivity index (χ0n) is 33.3. The largest absolute Gasteiger partial charge is 0.455 e. The molecule has 11 aromatic rings. The number of fused-ring (bicyclic) bond motifs is 7. The minimum atomic E-state index is -4.71. The maximum Gasteiger partial charge on any atom is 0.416 e. The lowest BCUT2D eigenvalue weighted by atomic mass is 9.91. The van der Waals surface area contributed by atoms with Crippen LogP contribution < -0.4 is 0 Å². The highest BCUT2D eigenvalue weighted by molar-refractivity contribution is 6.24. The fourth-order valence-corrected chi connectivity index (χ4v) is 8.58. The molecule has 0 saturated carbocycles. The van der Waals surface area contributed by atoms with Gasteiger partial charge in [0.1, 0.15) is 11.2 Å². The molecule has 0 aliphatic heterocycles. The fraction of sp³-hybridized carbons (Fsp3) is 0.0377. The first-order valence-electron chi connectivity index (χ1n) is 20.2. The number of rotatable bonds is 6. The summed E-state index contributed by atoms with van der Waals surface area (Å²) in [5.74, 6) is 0.811. The summed E-state index contributed by atoms with van der Waals surface area (Å²) in [6.45, 7) is 0. The molecule has 3 aromatic heterocycles. The Morgan fingerprint density at radius 2 is 0.875 bits per heavy atom. The quantitative estimate of drug-likeness (QED) is 0.156. The van der Waals surface area contributed by atoms with Crippen LogP contribution in [0.4, 0.5) is 26.3 Å². The van der Waals surface area contributed by atoms with E-state index in [0.29, 0.717) is 56.2 Å². The summed E-state index contributed by atoms with van der Waals surface area (Å²) in [6, 6.07) is 50.8.